The molecule has 0 saturated carbocycles. The number of benzene rings is 1. The highest BCUT2D eigenvalue weighted by atomic mass is 16.5. The van der Waals surface area contributed by atoms with Gasteiger partial charge in [0.2, 0.25) is 0 Å². The number of phenolic OH excluding ortho intramolecular Hbond substituents is 1. The molecular formula is C10H10O3. The highest BCUT2D eigenvalue weighted by molar-refractivity contribution is 5.57. The molecule has 0 bridgehead atoms. The summed E-state index contributed by atoms with van der Waals surface area (Å²) in [6.07, 6.45) is 5.22. The molecule has 0 fully saturated rings. The largest absolute Gasteiger partial charge is 0.504 e. The Morgan fingerprint density at radius 2 is 2.00 bits per heavy atom. The first-order valence-corrected chi connectivity index (χ1v) is 3.64. The van der Waals surface area contributed by atoms with Crippen LogP contribution in [0.25, 0.3) is 0 Å². The van der Waals surface area contributed by atoms with Crippen LogP contribution in [0.15, 0.2) is 12.1 Å². The zero-order valence-electron chi connectivity index (χ0n) is 7.50. The van der Waals surface area contributed by atoms with Gasteiger partial charge in [-0.2, -0.15) is 0 Å². The Hall–Kier alpha value is -1.82. The van der Waals surface area contributed by atoms with Gasteiger partial charge in [0.25, 0.3) is 0 Å². The molecule has 0 heterocycles. The number of hydrogen-bond acceptors (Lipinski definition) is 3. The third-order valence-corrected chi connectivity index (χ3v) is 1.64. The van der Waals surface area contributed by atoms with E-state index in [4.69, 9.17) is 15.9 Å². The highest BCUT2D eigenvalue weighted by Gasteiger charge is 2.08. The molecule has 3 heteroatoms. The summed E-state index contributed by atoms with van der Waals surface area (Å²) in [6, 6.07) is 3.07. The van der Waals surface area contributed by atoms with Crippen LogP contribution >= 0.6 is 0 Å². The Morgan fingerprint density at radius 1 is 1.31 bits per heavy atom. The smallest absolute Gasteiger partial charge is 0.176 e. The molecule has 0 aliphatic heterocycles. The topological polar surface area (TPSA) is 38.7 Å². The van der Waals surface area contributed by atoms with E-state index in [2.05, 4.69) is 5.92 Å². The number of methoxy groups -OCH3 is 2. The zero-order chi connectivity index (χ0) is 9.84. The number of terminal acetylenes is 1. The van der Waals surface area contributed by atoms with Crippen molar-refractivity contribution in [3.8, 4) is 29.6 Å². The summed E-state index contributed by atoms with van der Waals surface area (Å²) in [6.45, 7) is 0. The van der Waals surface area contributed by atoms with Crippen LogP contribution in [0.2, 0.25) is 0 Å². The molecular weight excluding hydrogens is 168 g/mol. The second-order valence-corrected chi connectivity index (χ2v) is 2.37. The van der Waals surface area contributed by atoms with Crippen molar-refractivity contribution in [1.29, 1.82) is 0 Å². The maximum absolute atomic E-state index is 9.43. The molecule has 1 rings (SSSR count). The van der Waals surface area contributed by atoms with Crippen molar-refractivity contribution in [3.05, 3.63) is 17.7 Å². The van der Waals surface area contributed by atoms with Crippen LogP contribution in [0.5, 0.6) is 17.2 Å². The van der Waals surface area contributed by atoms with Crippen molar-refractivity contribution < 1.29 is 14.6 Å². The minimum absolute atomic E-state index is 0.0187. The monoisotopic (exact) mass is 178 g/mol. The first-order valence-electron chi connectivity index (χ1n) is 3.64. The number of phenols is 1. The van der Waals surface area contributed by atoms with Crippen molar-refractivity contribution in [3.63, 3.8) is 0 Å². The summed E-state index contributed by atoms with van der Waals surface area (Å²) < 4.78 is 9.84. The lowest BCUT2D eigenvalue weighted by Gasteiger charge is -2.08. The average molecular weight is 178 g/mol. The Bertz CT molecular complexity index is 350. The maximum Gasteiger partial charge on any atom is 0.176 e. The molecule has 1 N–H and O–H groups in total. The van der Waals surface area contributed by atoms with E-state index >= 15 is 0 Å². The first kappa shape index (κ1) is 9.27. The van der Waals surface area contributed by atoms with Crippen molar-refractivity contribution >= 4 is 0 Å². The van der Waals surface area contributed by atoms with E-state index in [1.54, 1.807) is 6.07 Å². The van der Waals surface area contributed by atoms with Gasteiger partial charge in [-0.15, -0.1) is 6.42 Å². The second-order valence-electron chi connectivity index (χ2n) is 2.37. The molecule has 0 unspecified atom stereocenters. The first-order chi connectivity index (χ1) is 6.22. The molecule has 0 saturated heterocycles. The quantitative estimate of drug-likeness (QED) is 0.695. The van der Waals surface area contributed by atoms with Crippen LogP contribution in [0.4, 0.5) is 0 Å². The Labute approximate surface area is 76.9 Å². The molecule has 0 aliphatic carbocycles. The summed E-state index contributed by atoms with van der Waals surface area (Å²) in [5.74, 6) is 3.18. The minimum atomic E-state index is -0.0187. The van der Waals surface area contributed by atoms with E-state index in [9.17, 15) is 5.11 Å². The zero-order valence-corrected chi connectivity index (χ0v) is 7.50. The summed E-state index contributed by atoms with van der Waals surface area (Å²) >= 11 is 0. The van der Waals surface area contributed by atoms with E-state index in [-0.39, 0.29) is 5.75 Å². The predicted molar refractivity (Wildman–Crippen MR) is 49.1 cm³/mol. The molecule has 0 amide bonds. The van der Waals surface area contributed by atoms with Gasteiger partial charge in [-0.3, -0.25) is 0 Å². The minimum Gasteiger partial charge on any atom is -0.504 e. The molecule has 0 radical (unpaired) electrons. The summed E-state index contributed by atoms with van der Waals surface area (Å²) in [4.78, 5) is 0. The normalized spacial score (nSPS) is 9.00. The SMILES string of the molecule is C#Cc1cc(OC)cc(O)c1OC. The van der Waals surface area contributed by atoms with E-state index in [0.29, 0.717) is 17.1 Å². The lowest BCUT2D eigenvalue weighted by Crippen LogP contribution is -1.90. The average Bonchev–Trinajstić information content (AvgIpc) is 2.16. The van der Waals surface area contributed by atoms with Crippen molar-refractivity contribution in [1.82, 2.24) is 0 Å². The number of rotatable bonds is 2. The fourth-order valence-corrected chi connectivity index (χ4v) is 1.03. The fourth-order valence-electron chi connectivity index (χ4n) is 1.03. The molecule has 1 aromatic carbocycles. The van der Waals surface area contributed by atoms with Gasteiger partial charge in [0.15, 0.2) is 11.5 Å². The van der Waals surface area contributed by atoms with E-state index in [1.807, 2.05) is 0 Å². The van der Waals surface area contributed by atoms with E-state index in [0.717, 1.165) is 0 Å². The predicted octanol–water partition coefficient (Wildman–Crippen LogP) is 1.39. The Morgan fingerprint density at radius 3 is 2.46 bits per heavy atom. The van der Waals surface area contributed by atoms with E-state index < -0.39 is 0 Å². The maximum atomic E-state index is 9.43. The van der Waals surface area contributed by atoms with Crippen molar-refractivity contribution in [2.24, 2.45) is 0 Å². The van der Waals surface area contributed by atoms with Gasteiger partial charge >= 0.3 is 0 Å². The number of aromatic hydroxyl groups is 1. The molecule has 1 aromatic rings. The number of hydrogen-bond donors (Lipinski definition) is 1. The van der Waals surface area contributed by atoms with Gasteiger partial charge in [-0.05, 0) is 6.07 Å². The molecule has 3 nitrogen and oxygen atoms in total. The van der Waals surface area contributed by atoms with Crippen LogP contribution in [0, 0.1) is 12.3 Å². The van der Waals surface area contributed by atoms with Gasteiger partial charge < -0.3 is 14.6 Å². The van der Waals surface area contributed by atoms with Crippen LogP contribution in [-0.4, -0.2) is 19.3 Å². The van der Waals surface area contributed by atoms with Crippen molar-refractivity contribution in [2.45, 2.75) is 0 Å². The van der Waals surface area contributed by atoms with Crippen molar-refractivity contribution in [2.75, 3.05) is 14.2 Å². The van der Waals surface area contributed by atoms with Gasteiger partial charge in [-0.25, -0.2) is 0 Å². The molecule has 13 heavy (non-hydrogen) atoms. The summed E-state index contributed by atoms with van der Waals surface area (Å²) in [5, 5.41) is 9.43. The molecule has 0 aromatic heterocycles. The Kier molecular flexibility index (Phi) is 2.65. The van der Waals surface area contributed by atoms with Gasteiger partial charge in [0.05, 0.1) is 19.8 Å². The summed E-state index contributed by atoms with van der Waals surface area (Å²) in [5.41, 5.74) is 0.472. The Balaban J connectivity index is 3.31. The molecule has 68 valence electrons. The van der Waals surface area contributed by atoms with Crippen LogP contribution in [0.1, 0.15) is 5.56 Å². The second kappa shape index (κ2) is 3.72. The third-order valence-electron chi connectivity index (χ3n) is 1.64. The molecule has 0 spiro atoms. The lowest BCUT2D eigenvalue weighted by molar-refractivity contribution is 0.365. The highest BCUT2D eigenvalue weighted by Crippen LogP contribution is 2.33. The van der Waals surface area contributed by atoms with Crippen LogP contribution in [-0.2, 0) is 0 Å². The third kappa shape index (κ3) is 1.67. The lowest BCUT2D eigenvalue weighted by atomic mass is 10.2. The van der Waals surface area contributed by atoms with Gasteiger partial charge in [0, 0.05) is 6.07 Å². The van der Waals surface area contributed by atoms with E-state index in [1.165, 1.54) is 20.3 Å². The van der Waals surface area contributed by atoms with Crippen LogP contribution in [0.3, 0.4) is 0 Å². The summed E-state index contributed by atoms with van der Waals surface area (Å²) in [7, 11) is 2.95. The van der Waals surface area contributed by atoms with Gasteiger partial charge in [-0.1, -0.05) is 5.92 Å². The molecule has 0 aliphatic rings. The number of ether oxygens (including phenoxy) is 2. The molecule has 0 atom stereocenters. The fraction of sp³-hybridized carbons (Fsp3) is 0.200. The van der Waals surface area contributed by atoms with Crippen LogP contribution < -0.4 is 9.47 Å². The standard InChI is InChI=1S/C10H10O3/c1-4-7-5-8(12-2)6-9(11)10(7)13-3/h1,5-6,11H,2-3H3. The van der Waals surface area contributed by atoms with Gasteiger partial charge in [0.1, 0.15) is 5.75 Å².